The van der Waals surface area contributed by atoms with Crippen LogP contribution in [0.25, 0.3) is 27.5 Å². The Morgan fingerprint density at radius 1 is 1.38 bits per heavy atom. The second-order valence-corrected chi connectivity index (χ2v) is 6.08. The van der Waals surface area contributed by atoms with E-state index in [1.54, 1.807) is 36.0 Å². The third kappa shape index (κ3) is 2.33. The van der Waals surface area contributed by atoms with Crippen LogP contribution >= 0.6 is 0 Å². The third-order valence-corrected chi connectivity index (χ3v) is 4.48. The van der Waals surface area contributed by atoms with Crippen molar-refractivity contribution in [1.82, 2.24) is 19.8 Å². The molecule has 0 aliphatic carbocycles. The smallest absolute Gasteiger partial charge is 0.212 e. The number of aromatic amines is 1. The van der Waals surface area contributed by atoms with Crippen LogP contribution in [0.15, 0.2) is 30.6 Å². The molecule has 1 aromatic carbocycles. The van der Waals surface area contributed by atoms with Crippen LogP contribution in [0, 0.1) is 12.7 Å². The molecule has 1 amide bonds. The molecule has 4 aromatic rings. The van der Waals surface area contributed by atoms with Crippen LogP contribution in [0.4, 0.5) is 14.6 Å². The van der Waals surface area contributed by atoms with Crippen LogP contribution < -0.4 is 5.32 Å². The van der Waals surface area contributed by atoms with Crippen molar-refractivity contribution < 1.29 is 13.6 Å². The molecule has 1 atom stereocenters. The summed E-state index contributed by atoms with van der Waals surface area (Å²) in [5.74, 6) is -0.168. The van der Waals surface area contributed by atoms with Gasteiger partial charge in [0.15, 0.2) is 5.82 Å². The van der Waals surface area contributed by atoms with Gasteiger partial charge in [-0.25, -0.2) is 13.3 Å². The van der Waals surface area contributed by atoms with Crippen LogP contribution in [-0.2, 0) is 4.79 Å². The number of hydrogen-bond donors (Lipinski definition) is 2. The molecule has 0 aliphatic heterocycles. The number of aromatic nitrogens is 4. The summed E-state index contributed by atoms with van der Waals surface area (Å²) in [6, 6.07) is 5.32. The molecule has 0 radical (unpaired) electrons. The molecule has 3 heterocycles. The lowest BCUT2D eigenvalue weighted by molar-refractivity contribution is -0.105. The number of nitrogens with one attached hydrogen (secondary N) is 2. The van der Waals surface area contributed by atoms with Crippen LogP contribution in [0.3, 0.4) is 0 Å². The monoisotopic (exact) mass is 355 g/mol. The fourth-order valence-electron chi connectivity index (χ4n) is 3.33. The first kappa shape index (κ1) is 16.2. The van der Waals surface area contributed by atoms with E-state index in [9.17, 15) is 13.6 Å². The van der Waals surface area contributed by atoms with Gasteiger partial charge in [0, 0.05) is 23.2 Å². The van der Waals surface area contributed by atoms with Gasteiger partial charge in [0.25, 0.3) is 0 Å². The predicted molar refractivity (Wildman–Crippen MR) is 94.2 cm³/mol. The molecule has 0 saturated heterocycles. The largest absolute Gasteiger partial charge is 0.312 e. The number of hydrogen-bond acceptors (Lipinski definition) is 3. The van der Waals surface area contributed by atoms with E-state index in [0.29, 0.717) is 34.3 Å². The molecule has 0 fully saturated rings. The number of halogens is 2. The number of anilines is 1. The summed E-state index contributed by atoms with van der Waals surface area (Å²) in [6.45, 7) is 2.93. The molecule has 132 valence electrons. The highest BCUT2D eigenvalue weighted by Crippen LogP contribution is 2.38. The van der Waals surface area contributed by atoms with Crippen molar-refractivity contribution in [3.8, 4) is 11.1 Å². The summed E-state index contributed by atoms with van der Waals surface area (Å²) in [4.78, 5) is 10.6. The van der Waals surface area contributed by atoms with Gasteiger partial charge >= 0.3 is 0 Å². The van der Waals surface area contributed by atoms with E-state index in [0.717, 1.165) is 11.1 Å². The van der Waals surface area contributed by atoms with Crippen LogP contribution in [-0.4, -0.2) is 26.2 Å². The molecule has 8 heteroatoms. The molecule has 4 rings (SSSR count). The third-order valence-electron chi connectivity index (χ3n) is 4.48. The van der Waals surface area contributed by atoms with Gasteiger partial charge in [0.2, 0.25) is 6.41 Å². The zero-order valence-corrected chi connectivity index (χ0v) is 14.0. The van der Waals surface area contributed by atoms with Gasteiger partial charge in [-0.2, -0.15) is 10.2 Å². The number of fused-ring (bicyclic) bond motifs is 2. The Hall–Kier alpha value is -3.29. The van der Waals surface area contributed by atoms with E-state index in [4.69, 9.17) is 0 Å². The summed E-state index contributed by atoms with van der Waals surface area (Å²) < 4.78 is 30.4. The van der Waals surface area contributed by atoms with Crippen molar-refractivity contribution in [2.75, 3.05) is 5.32 Å². The van der Waals surface area contributed by atoms with Crippen LogP contribution in [0.2, 0.25) is 0 Å². The minimum atomic E-state index is -1.46. The highest BCUT2D eigenvalue weighted by molar-refractivity contribution is 5.98. The highest BCUT2D eigenvalue weighted by Gasteiger charge is 2.23. The number of pyridine rings is 1. The number of rotatable bonds is 4. The van der Waals surface area contributed by atoms with Crippen molar-refractivity contribution in [3.05, 3.63) is 47.5 Å². The van der Waals surface area contributed by atoms with E-state index >= 15 is 0 Å². The molecular formula is C18H15F2N5O. The summed E-state index contributed by atoms with van der Waals surface area (Å²) in [7, 11) is 0. The number of nitrogens with zero attached hydrogens (tertiary/aromatic N) is 3. The molecule has 1 unspecified atom stereocenters. The first-order chi connectivity index (χ1) is 12.5. The Morgan fingerprint density at radius 2 is 2.19 bits per heavy atom. The van der Waals surface area contributed by atoms with E-state index in [1.807, 2.05) is 6.07 Å². The van der Waals surface area contributed by atoms with Gasteiger partial charge in [-0.1, -0.05) is 0 Å². The van der Waals surface area contributed by atoms with Crippen LogP contribution in [0.1, 0.15) is 24.2 Å². The van der Waals surface area contributed by atoms with Gasteiger partial charge in [-0.15, -0.1) is 0 Å². The van der Waals surface area contributed by atoms with Crippen molar-refractivity contribution in [3.63, 3.8) is 0 Å². The molecule has 0 saturated carbocycles. The minimum absolute atomic E-state index is 0.0124. The standard InChI is InChI=1S/C18H15F2N5O/c1-9-15(13-7-22-23-18(13)16(10(2)19)17(9)20)11-3-4-25-12(5-11)6-14(24-25)21-8-26/h3-8,10H,1-2H3,(H,22,23)(H,21,24,26). The maximum Gasteiger partial charge on any atom is 0.212 e. The summed E-state index contributed by atoms with van der Waals surface area (Å²) >= 11 is 0. The lowest BCUT2D eigenvalue weighted by Gasteiger charge is -2.14. The number of carbonyl (C=O) groups excluding carboxylic acids is 1. The van der Waals surface area contributed by atoms with Gasteiger partial charge in [0.05, 0.1) is 17.2 Å². The van der Waals surface area contributed by atoms with Crippen molar-refractivity contribution in [1.29, 1.82) is 0 Å². The van der Waals surface area contributed by atoms with E-state index < -0.39 is 12.0 Å². The molecule has 26 heavy (non-hydrogen) atoms. The Balaban J connectivity index is 1.98. The minimum Gasteiger partial charge on any atom is -0.312 e. The van der Waals surface area contributed by atoms with Crippen LogP contribution in [0.5, 0.6) is 0 Å². The Labute approximate surface area is 146 Å². The molecule has 6 nitrogen and oxygen atoms in total. The Kier molecular flexibility index (Phi) is 3.68. The van der Waals surface area contributed by atoms with Crippen molar-refractivity contribution in [2.45, 2.75) is 20.0 Å². The fraction of sp³-hybridized carbons (Fsp3) is 0.167. The fourth-order valence-corrected chi connectivity index (χ4v) is 3.33. The summed E-state index contributed by atoms with van der Waals surface area (Å²) in [5, 5.41) is 14.0. The lowest BCUT2D eigenvalue weighted by Crippen LogP contribution is -2.00. The molecule has 0 bridgehead atoms. The maximum absolute atomic E-state index is 14.9. The first-order valence-corrected chi connectivity index (χ1v) is 8.00. The predicted octanol–water partition coefficient (Wildman–Crippen LogP) is 3.92. The van der Waals surface area contributed by atoms with Crippen molar-refractivity contribution in [2.24, 2.45) is 0 Å². The van der Waals surface area contributed by atoms with Gasteiger partial charge in [-0.3, -0.25) is 9.89 Å². The topological polar surface area (TPSA) is 75.1 Å². The number of carbonyl (C=O) groups is 1. The summed E-state index contributed by atoms with van der Waals surface area (Å²) in [6.07, 6.45) is 2.38. The second kappa shape index (κ2) is 5.91. The molecule has 3 aromatic heterocycles. The Bertz CT molecular complexity index is 1150. The average Bonchev–Trinajstić information content (AvgIpc) is 3.21. The maximum atomic E-state index is 14.9. The zero-order valence-electron chi connectivity index (χ0n) is 14.0. The molecule has 2 N–H and O–H groups in total. The van der Waals surface area contributed by atoms with E-state index in [-0.39, 0.29) is 5.56 Å². The first-order valence-electron chi connectivity index (χ1n) is 8.00. The SMILES string of the molecule is Cc1c(F)c(C(C)F)c2[nH]ncc2c1-c1ccn2nc(NC=O)cc2c1. The second-order valence-electron chi connectivity index (χ2n) is 6.08. The van der Waals surface area contributed by atoms with Crippen molar-refractivity contribution >= 4 is 28.6 Å². The van der Waals surface area contributed by atoms with E-state index in [1.165, 1.54) is 6.92 Å². The quantitative estimate of drug-likeness (QED) is 0.545. The lowest BCUT2D eigenvalue weighted by atomic mass is 9.93. The zero-order chi connectivity index (χ0) is 18.4. The highest BCUT2D eigenvalue weighted by atomic mass is 19.1. The average molecular weight is 355 g/mol. The van der Waals surface area contributed by atoms with Gasteiger partial charge < -0.3 is 5.32 Å². The number of H-pyrrole nitrogens is 1. The van der Waals surface area contributed by atoms with Gasteiger partial charge in [0.1, 0.15) is 12.0 Å². The van der Waals surface area contributed by atoms with E-state index in [2.05, 4.69) is 20.6 Å². The normalized spacial score (nSPS) is 12.6. The number of benzene rings is 1. The molecule has 0 spiro atoms. The summed E-state index contributed by atoms with van der Waals surface area (Å²) in [5.41, 5.74) is 2.82. The molecule has 0 aliphatic rings. The Morgan fingerprint density at radius 3 is 2.92 bits per heavy atom. The molecular weight excluding hydrogens is 340 g/mol. The number of amides is 1. The number of alkyl halides is 1. The van der Waals surface area contributed by atoms with Gasteiger partial charge in [-0.05, 0) is 42.7 Å².